The van der Waals surface area contributed by atoms with E-state index in [1.54, 1.807) is 6.92 Å². The molecule has 0 aromatic heterocycles. The van der Waals surface area contributed by atoms with Gasteiger partial charge < -0.3 is 14.7 Å². The molecule has 0 aromatic rings. The summed E-state index contributed by atoms with van der Waals surface area (Å²) in [7, 11) is 8.07. The highest BCUT2D eigenvalue weighted by Gasteiger charge is 2.08. The lowest BCUT2D eigenvalue weighted by atomic mass is 10.4. The topological polar surface area (TPSA) is 26.8 Å². The van der Waals surface area contributed by atoms with E-state index in [4.69, 9.17) is 0 Å². The number of rotatable bonds is 6. The zero-order chi connectivity index (χ0) is 11.1. The summed E-state index contributed by atoms with van der Waals surface area (Å²) in [6, 6.07) is 0. The van der Waals surface area contributed by atoms with Crippen molar-refractivity contribution in [3.63, 3.8) is 0 Å². The highest BCUT2D eigenvalue weighted by Crippen LogP contribution is 1.91. The molecule has 0 saturated heterocycles. The molecule has 1 amide bonds. The third-order valence-corrected chi connectivity index (χ3v) is 2.08. The predicted molar refractivity (Wildman–Crippen MR) is 59.4 cm³/mol. The van der Waals surface area contributed by atoms with Gasteiger partial charge in [0.1, 0.15) is 0 Å². The van der Waals surface area contributed by atoms with E-state index in [9.17, 15) is 4.79 Å². The molecule has 0 bridgehead atoms. The van der Waals surface area contributed by atoms with Gasteiger partial charge in [-0.05, 0) is 28.2 Å². The molecule has 0 atom stereocenters. The van der Waals surface area contributed by atoms with Crippen LogP contribution in [-0.2, 0) is 4.79 Å². The Labute approximate surface area is 87.5 Å². The zero-order valence-electron chi connectivity index (χ0n) is 10.1. The first-order valence-corrected chi connectivity index (χ1v) is 4.98. The fraction of sp³-hybridized carbons (Fsp3) is 0.900. The quantitative estimate of drug-likeness (QED) is 0.603. The van der Waals surface area contributed by atoms with Gasteiger partial charge in [0, 0.05) is 33.1 Å². The number of carbonyl (C=O) groups is 1. The second-order valence-electron chi connectivity index (χ2n) is 4.11. The van der Waals surface area contributed by atoms with Crippen LogP contribution in [0.3, 0.4) is 0 Å². The van der Waals surface area contributed by atoms with Crippen molar-refractivity contribution in [3.8, 4) is 0 Å². The van der Waals surface area contributed by atoms with Crippen LogP contribution in [-0.4, -0.2) is 75.0 Å². The smallest absolute Gasteiger partial charge is 0.219 e. The summed E-state index contributed by atoms with van der Waals surface area (Å²) in [5.74, 6) is 0.161. The lowest BCUT2D eigenvalue weighted by Crippen LogP contribution is -2.39. The number of hydrogen-bond acceptors (Lipinski definition) is 3. The highest BCUT2D eigenvalue weighted by atomic mass is 16.2. The maximum atomic E-state index is 11.3. The Bertz CT molecular complexity index is 157. The van der Waals surface area contributed by atoms with Gasteiger partial charge in [-0.2, -0.15) is 0 Å². The van der Waals surface area contributed by atoms with E-state index in [2.05, 4.69) is 9.80 Å². The van der Waals surface area contributed by atoms with E-state index in [0.29, 0.717) is 0 Å². The summed E-state index contributed by atoms with van der Waals surface area (Å²) in [5.41, 5.74) is 0. The normalized spacial score (nSPS) is 11.1. The second kappa shape index (κ2) is 6.79. The molecule has 0 rings (SSSR count). The van der Waals surface area contributed by atoms with Crippen molar-refractivity contribution < 1.29 is 4.79 Å². The maximum Gasteiger partial charge on any atom is 0.219 e. The van der Waals surface area contributed by atoms with Crippen molar-refractivity contribution in [2.45, 2.75) is 6.92 Å². The van der Waals surface area contributed by atoms with E-state index in [1.165, 1.54) is 0 Å². The number of likely N-dealkylation sites (N-methyl/N-ethyl adjacent to an activating group) is 2. The molecule has 0 heterocycles. The van der Waals surface area contributed by atoms with Gasteiger partial charge in [-0.1, -0.05) is 0 Å². The fourth-order valence-electron chi connectivity index (χ4n) is 1.07. The van der Waals surface area contributed by atoms with Gasteiger partial charge in [-0.3, -0.25) is 4.79 Å². The third kappa shape index (κ3) is 6.86. The van der Waals surface area contributed by atoms with Crippen molar-refractivity contribution in [2.75, 3.05) is 54.4 Å². The molecule has 0 fully saturated rings. The molecule has 0 radical (unpaired) electrons. The molecule has 0 aliphatic carbocycles. The average Bonchev–Trinajstić information content (AvgIpc) is 2.02. The van der Waals surface area contributed by atoms with Crippen LogP contribution in [0.5, 0.6) is 0 Å². The minimum absolute atomic E-state index is 0.161. The maximum absolute atomic E-state index is 11.3. The summed E-state index contributed by atoms with van der Waals surface area (Å²) in [6.45, 7) is 5.11. The van der Waals surface area contributed by atoms with Crippen LogP contribution in [0.25, 0.3) is 0 Å². The van der Waals surface area contributed by atoms with Crippen LogP contribution in [0.4, 0.5) is 0 Å². The second-order valence-corrected chi connectivity index (χ2v) is 4.11. The van der Waals surface area contributed by atoms with Crippen LogP contribution < -0.4 is 0 Å². The van der Waals surface area contributed by atoms with Gasteiger partial charge in [-0.25, -0.2) is 0 Å². The first-order chi connectivity index (χ1) is 6.43. The summed E-state index contributed by atoms with van der Waals surface area (Å²) < 4.78 is 0. The molecular formula is C10H23N3O. The van der Waals surface area contributed by atoms with Crippen LogP contribution in [0, 0.1) is 0 Å². The zero-order valence-corrected chi connectivity index (χ0v) is 10.1. The first-order valence-electron chi connectivity index (χ1n) is 4.98. The fourth-order valence-corrected chi connectivity index (χ4v) is 1.07. The Morgan fingerprint density at radius 3 is 1.43 bits per heavy atom. The lowest BCUT2D eigenvalue weighted by molar-refractivity contribution is -0.129. The van der Waals surface area contributed by atoms with E-state index < -0.39 is 0 Å². The molecule has 14 heavy (non-hydrogen) atoms. The molecule has 0 N–H and O–H groups in total. The number of nitrogens with zero attached hydrogens (tertiary/aromatic N) is 3. The standard InChI is InChI=1S/C10H23N3O/c1-10(14)13(8-6-11(2)3)9-7-12(4)5/h6-9H2,1-5H3. The van der Waals surface area contributed by atoms with Gasteiger partial charge in [0.15, 0.2) is 0 Å². The van der Waals surface area contributed by atoms with Crippen molar-refractivity contribution in [1.29, 1.82) is 0 Å². The summed E-state index contributed by atoms with van der Waals surface area (Å²) in [6.07, 6.45) is 0. The van der Waals surface area contributed by atoms with Crippen molar-refractivity contribution in [1.82, 2.24) is 14.7 Å². The Hall–Kier alpha value is -0.610. The Morgan fingerprint density at radius 1 is 0.857 bits per heavy atom. The average molecular weight is 201 g/mol. The molecule has 0 spiro atoms. The molecule has 4 heteroatoms. The number of hydrogen-bond donors (Lipinski definition) is 0. The van der Waals surface area contributed by atoms with Gasteiger partial charge in [0.25, 0.3) is 0 Å². The Morgan fingerprint density at radius 2 is 1.21 bits per heavy atom. The summed E-state index contributed by atoms with van der Waals surface area (Å²) in [5, 5.41) is 0. The van der Waals surface area contributed by atoms with Gasteiger partial charge in [-0.15, -0.1) is 0 Å². The molecule has 84 valence electrons. The molecule has 4 nitrogen and oxygen atoms in total. The summed E-state index contributed by atoms with van der Waals surface area (Å²) in [4.78, 5) is 17.3. The van der Waals surface area contributed by atoms with Gasteiger partial charge in [0.05, 0.1) is 0 Å². The molecular weight excluding hydrogens is 178 g/mol. The SMILES string of the molecule is CC(=O)N(CCN(C)C)CCN(C)C. The summed E-state index contributed by atoms with van der Waals surface area (Å²) >= 11 is 0. The van der Waals surface area contributed by atoms with E-state index >= 15 is 0 Å². The van der Waals surface area contributed by atoms with Crippen molar-refractivity contribution in [2.24, 2.45) is 0 Å². The third-order valence-electron chi connectivity index (χ3n) is 2.08. The van der Waals surface area contributed by atoms with Crippen LogP contribution in [0.2, 0.25) is 0 Å². The molecule has 0 aliphatic rings. The van der Waals surface area contributed by atoms with Crippen LogP contribution >= 0.6 is 0 Å². The van der Waals surface area contributed by atoms with Gasteiger partial charge in [0.2, 0.25) is 5.91 Å². The minimum Gasteiger partial charge on any atom is -0.340 e. The minimum atomic E-state index is 0.161. The lowest BCUT2D eigenvalue weighted by Gasteiger charge is -2.24. The first kappa shape index (κ1) is 13.4. The molecule has 0 aliphatic heterocycles. The Balaban J connectivity index is 3.84. The monoisotopic (exact) mass is 201 g/mol. The van der Waals surface area contributed by atoms with E-state index in [1.807, 2.05) is 33.1 Å². The molecule has 0 aromatic carbocycles. The van der Waals surface area contributed by atoms with E-state index in [0.717, 1.165) is 26.2 Å². The van der Waals surface area contributed by atoms with Crippen LogP contribution in [0.15, 0.2) is 0 Å². The van der Waals surface area contributed by atoms with Crippen molar-refractivity contribution >= 4 is 5.91 Å². The number of carbonyl (C=O) groups excluding carboxylic acids is 1. The van der Waals surface area contributed by atoms with E-state index in [-0.39, 0.29) is 5.91 Å². The van der Waals surface area contributed by atoms with Crippen LogP contribution in [0.1, 0.15) is 6.92 Å². The predicted octanol–water partition coefficient (Wildman–Crippen LogP) is -0.0419. The van der Waals surface area contributed by atoms with Crippen molar-refractivity contribution in [3.05, 3.63) is 0 Å². The highest BCUT2D eigenvalue weighted by molar-refractivity contribution is 5.73. The number of amides is 1. The van der Waals surface area contributed by atoms with Gasteiger partial charge >= 0.3 is 0 Å². The molecule has 0 saturated carbocycles. The molecule has 0 unspecified atom stereocenters. The largest absolute Gasteiger partial charge is 0.340 e. The Kier molecular flexibility index (Phi) is 6.49.